The van der Waals surface area contributed by atoms with Crippen LogP contribution in [0.4, 0.5) is 0 Å². The van der Waals surface area contributed by atoms with E-state index in [4.69, 9.17) is 11.0 Å². The second kappa shape index (κ2) is 2.04. The highest BCUT2D eigenvalue weighted by Crippen LogP contribution is 2.12. The van der Waals surface area contributed by atoms with Gasteiger partial charge in [0.1, 0.15) is 5.54 Å². The van der Waals surface area contributed by atoms with Gasteiger partial charge in [0, 0.05) is 6.42 Å². The number of nitriles is 1. The van der Waals surface area contributed by atoms with Gasteiger partial charge in [0.05, 0.1) is 6.07 Å². The summed E-state index contributed by atoms with van der Waals surface area (Å²) in [4.78, 5) is 0. The molecule has 0 heterocycles. The van der Waals surface area contributed by atoms with Gasteiger partial charge in [-0.1, -0.05) is 24.3 Å². The van der Waals surface area contributed by atoms with Gasteiger partial charge in [-0.15, -0.1) is 0 Å². The van der Waals surface area contributed by atoms with Crippen molar-refractivity contribution >= 4 is 0 Å². The quantitative estimate of drug-likeness (QED) is 0.512. The number of nitrogens with two attached hydrogens (primary N) is 1. The highest BCUT2D eigenvalue weighted by Gasteiger charge is 2.19. The van der Waals surface area contributed by atoms with Crippen LogP contribution in [0.3, 0.4) is 0 Å². The first-order chi connectivity index (χ1) is 4.27. The number of nitrogens with zero attached hydrogens (tertiary/aromatic N) is 1. The van der Waals surface area contributed by atoms with Crippen LogP contribution < -0.4 is 5.73 Å². The molecule has 9 heavy (non-hydrogen) atoms. The molecule has 0 saturated carbocycles. The van der Waals surface area contributed by atoms with Crippen molar-refractivity contribution in [2.45, 2.75) is 12.0 Å². The van der Waals surface area contributed by atoms with Gasteiger partial charge in [-0.2, -0.15) is 5.26 Å². The van der Waals surface area contributed by atoms with Crippen LogP contribution >= 0.6 is 0 Å². The molecule has 2 nitrogen and oxygen atoms in total. The third-order valence-corrected chi connectivity index (χ3v) is 1.30. The summed E-state index contributed by atoms with van der Waals surface area (Å²) in [5, 5.41) is 8.49. The van der Waals surface area contributed by atoms with Crippen molar-refractivity contribution in [3.63, 3.8) is 0 Å². The van der Waals surface area contributed by atoms with Gasteiger partial charge in [0.25, 0.3) is 0 Å². The van der Waals surface area contributed by atoms with E-state index < -0.39 is 5.54 Å². The predicted molar refractivity (Wildman–Crippen MR) is 35.4 cm³/mol. The summed E-state index contributed by atoms with van der Waals surface area (Å²) in [5.74, 6) is 0. The smallest absolute Gasteiger partial charge is 0.126 e. The van der Waals surface area contributed by atoms with Crippen molar-refractivity contribution in [2.75, 3.05) is 0 Å². The van der Waals surface area contributed by atoms with E-state index in [2.05, 4.69) is 0 Å². The Bertz CT molecular complexity index is 197. The molecule has 0 aliphatic heterocycles. The number of hydrogen-bond donors (Lipinski definition) is 1. The molecule has 0 aromatic rings. The van der Waals surface area contributed by atoms with Gasteiger partial charge < -0.3 is 5.73 Å². The third kappa shape index (κ3) is 1.18. The molecule has 46 valence electrons. The molecular formula is C7H8N2. The summed E-state index contributed by atoms with van der Waals surface area (Å²) in [6, 6.07) is 2.02. The summed E-state index contributed by atoms with van der Waals surface area (Å²) >= 11 is 0. The largest absolute Gasteiger partial charge is 0.310 e. The van der Waals surface area contributed by atoms with E-state index in [1.54, 1.807) is 12.2 Å². The van der Waals surface area contributed by atoms with Crippen LogP contribution in [0.5, 0.6) is 0 Å². The molecule has 1 rings (SSSR count). The summed E-state index contributed by atoms with van der Waals surface area (Å²) < 4.78 is 0. The van der Waals surface area contributed by atoms with Crippen LogP contribution in [0.1, 0.15) is 6.42 Å². The number of rotatable bonds is 0. The fraction of sp³-hybridized carbons (Fsp3) is 0.286. The normalized spacial score (nSPS) is 32.0. The Labute approximate surface area is 54.3 Å². The van der Waals surface area contributed by atoms with E-state index in [0.717, 1.165) is 0 Å². The number of allylic oxidation sites excluding steroid dienone is 2. The topological polar surface area (TPSA) is 49.8 Å². The molecule has 0 aromatic carbocycles. The summed E-state index contributed by atoms with van der Waals surface area (Å²) in [7, 11) is 0. The molecule has 1 aliphatic rings. The zero-order valence-corrected chi connectivity index (χ0v) is 5.04. The predicted octanol–water partition coefficient (Wildman–Crippen LogP) is 0.724. The molecule has 2 N–H and O–H groups in total. The van der Waals surface area contributed by atoms with E-state index in [-0.39, 0.29) is 0 Å². The number of hydrogen-bond acceptors (Lipinski definition) is 2. The Hall–Kier alpha value is -1.07. The first kappa shape index (κ1) is 6.06. The van der Waals surface area contributed by atoms with Crippen molar-refractivity contribution in [1.29, 1.82) is 5.26 Å². The molecular weight excluding hydrogens is 112 g/mol. The van der Waals surface area contributed by atoms with Crippen LogP contribution in [0.25, 0.3) is 0 Å². The van der Waals surface area contributed by atoms with E-state index in [1.807, 2.05) is 18.2 Å². The first-order valence-corrected chi connectivity index (χ1v) is 2.81. The Kier molecular flexibility index (Phi) is 1.37. The molecule has 0 fully saturated rings. The highest BCUT2D eigenvalue weighted by molar-refractivity contribution is 5.27. The zero-order chi connectivity index (χ0) is 6.74. The average molecular weight is 120 g/mol. The van der Waals surface area contributed by atoms with Gasteiger partial charge in [0.15, 0.2) is 0 Å². The Morgan fingerprint density at radius 2 is 2.33 bits per heavy atom. The van der Waals surface area contributed by atoms with Crippen molar-refractivity contribution in [2.24, 2.45) is 5.73 Å². The molecule has 0 bridgehead atoms. The lowest BCUT2D eigenvalue weighted by Crippen LogP contribution is -2.35. The second-order valence-electron chi connectivity index (χ2n) is 2.14. The Morgan fingerprint density at radius 3 is 2.67 bits per heavy atom. The lowest BCUT2D eigenvalue weighted by atomic mass is 9.95. The lowest BCUT2D eigenvalue weighted by Gasteiger charge is -2.15. The molecule has 0 saturated heterocycles. The molecule has 1 atom stereocenters. The standard InChI is InChI=1S/C7H8N2/c8-6-7(9)4-2-1-3-5-7/h1-4H,5,9H2. The molecule has 0 radical (unpaired) electrons. The summed E-state index contributed by atoms with van der Waals surface area (Å²) in [6.07, 6.45) is 7.92. The Morgan fingerprint density at radius 1 is 1.56 bits per heavy atom. The zero-order valence-electron chi connectivity index (χ0n) is 5.04. The SMILES string of the molecule is N#CC1(N)C=CC=CC1. The van der Waals surface area contributed by atoms with E-state index in [9.17, 15) is 0 Å². The van der Waals surface area contributed by atoms with Crippen molar-refractivity contribution in [3.8, 4) is 6.07 Å². The van der Waals surface area contributed by atoms with Gasteiger partial charge in [-0.3, -0.25) is 0 Å². The fourth-order valence-electron chi connectivity index (χ4n) is 0.720. The maximum absolute atomic E-state index is 8.49. The Balaban J connectivity index is 2.77. The molecule has 1 aliphatic carbocycles. The van der Waals surface area contributed by atoms with E-state index >= 15 is 0 Å². The van der Waals surface area contributed by atoms with Crippen LogP contribution in [-0.4, -0.2) is 5.54 Å². The van der Waals surface area contributed by atoms with Gasteiger partial charge in [-0.25, -0.2) is 0 Å². The monoisotopic (exact) mass is 120 g/mol. The molecule has 0 amide bonds. The maximum Gasteiger partial charge on any atom is 0.126 e. The highest BCUT2D eigenvalue weighted by atomic mass is 14.7. The van der Waals surface area contributed by atoms with E-state index in [0.29, 0.717) is 6.42 Å². The molecule has 2 heteroatoms. The van der Waals surface area contributed by atoms with Crippen molar-refractivity contribution in [1.82, 2.24) is 0 Å². The fourth-order valence-corrected chi connectivity index (χ4v) is 0.720. The van der Waals surface area contributed by atoms with Crippen molar-refractivity contribution in [3.05, 3.63) is 24.3 Å². The maximum atomic E-state index is 8.49. The first-order valence-electron chi connectivity index (χ1n) is 2.81. The molecule has 0 spiro atoms. The summed E-state index contributed by atoms with van der Waals surface area (Å²) in [6.45, 7) is 0. The van der Waals surface area contributed by atoms with Gasteiger partial charge >= 0.3 is 0 Å². The van der Waals surface area contributed by atoms with Crippen molar-refractivity contribution < 1.29 is 0 Å². The minimum absolute atomic E-state index is 0.625. The van der Waals surface area contributed by atoms with Crippen LogP contribution in [-0.2, 0) is 0 Å². The van der Waals surface area contributed by atoms with Crippen LogP contribution in [0, 0.1) is 11.3 Å². The minimum atomic E-state index is -0.741. The van der Waals surface area contributed by atoms with Crippen LogP contribution in [0.15, 0.2) is 24.3 Å². The van der Waals surface area contributed by atoms with Crippen LogP contribution in [0.2, 0.25) is 0 Å². The van der Waals surface area contributed by atoms with E-state index in [1.165, 1.54) is 0 Å². The van der Waals surface area contributed by atoms with Gasteiger partial charge in [0.2, 0.25) is 0 Å². The third-order valence-electron chi connectivity index (χ3n) is 1.30. The second-order valence-corrected chi connectivity index (χ2v) is 2.14. The molecule has 1 unspecified atom stereocenters. The summed E-state index contributed by atoms with van der Waals surface area (Å²) in [5.41, 5.74) is 4.82. The lowest BCUT2D eigenvalue weighted by molar-refractivity contribution is 0.675. The molecule has 0 aromatic heterocycles. The minimum Gasteiger partial charge on any atom is -0.310 e. The average Bonchev–Trinajstić information content (AvgIpc) is 1.90. The van der Waals surface area contributed by atoms with Gasteiger partial charge in [-0.05, 0) is 0 Å².